The maximum Gasteiger partial charge on any atom is 0.173 e. The largest absolute Gasteiger partial charge is 0.497 e. The lowest BCUT2D eigenvalue weighted by molar-refractivity contribution is 0.281. The molecule has 1 heterocycles. The molecule has 3 rings (SSSR count). The molecular weight excluding hydrogens is 337 g/mol. The number of aliphatic hydroxyl groups is 1. The van der Waals surface area contributed by atoms with E-state index < -0.39 is 0 Å². The van der Waals surface area contributed by atoms with Gasteiger partial charge in [0, 0.05) is 11.1 Å². The van der Waals surface area contributed by atoms with Crippen LogP contribution in [0, 0.1) is 0 Å². The number of hydrogen-bond donors (Lipinski definition) is 1. The van der Waals surface area contributed by atoms with Gasteiger partial charge < -0.3 is 14.4 Å². The Bertz CT molecular complexity index is 828. The van der Waals surface area contributed by atoms with E-state index >= 15 is 0 Å². The molecule has 1 aromatic heterocycles. The van der Waals surface area contributed by atoms with Crippen LogP contribution < -0.4 is 4.74 Å². The van der Waals surface area contributed by atoms with E-state index in [4.69, 9.17) is 32.5 Å². The normalized spacial score (nSPS) is 10.8. The van der Waals surface area contributed by atoms with E-state index in [1.54, 1.807) is 25.3 Å². The Morgan fingerprint density at radius 3 is 2.35 bits per heavy atom. The van der Waals surface area contributed by atoms with Crippen LogP contribution in [0.4, 0.5) is 0 Å². The minimum Gasteiger partial charge on any atom is -0.497 e. The molecule has 118 valence electrons. The lowest BCUT2D eigenvalue weighted by Crippen LogP contribution is -1.90. The molecule has 0 aliphatic carbocycles. The number of rotatable bonds is 4. The molecule has 0 atom stereocenters. The highest BCUT2D eigenvalue weighted by atomic mass is 35.5. The second-order valence-electron chi connectivity index (χ2n) is 4.85. The topological polar surface area (TPSA) is 55.5 Å². The molecule has 0 bridgehead atoms. The van der Waals surface area contributed by atoms with E-state index in [-0.39, 0.29) is 6.61 Å². The lowest BCUT2D eigenvalue weighted by Gasteiger charge is -2.04. The van der Waals surface area contributed by atoms with Crippen molar-refractivity contribution in [2.75, 3.05) is 7.11 Å². The van der Waals surface area contributed by atoms with Gasteiger partial charge in [-0.05, 0) is 36.4 Å². The molecule has 0 aliphatic heterocycles. The van der Waals surface area contributed by atoms with Gasteiger partial charge in [-0.15, -0.1) is 0 Å². The van der Waals surface area contributed by atoms with Gasteiger partial charge in [0.15, 0.2) is 5.76 Å². The van der Waals surface area contributed by atoms with Crippen molar-refractivity contribution in [1.29, 1.82) is 0 Å². The van der Waals surface area contributed by atoms with Crippen LogP contribution >= 0.6 is 23.2 Å². The summed E-state index contributed by atoms with van der Waals surface area (Å²) in [4.78, 5) is 0. The van der Waals surface area contributed by atoms with Gasteiger partial charge in [-0.2, -0.15) is 0 Å². The highest BCUT2D eigenvalue weighted by molar-refractivity contribution is 6.42. The Morgan fingerprint density at radius 1 is 1.04 bits per heavy atom. The van der Waals surface area contributed by atoms with Crippen molar-refractivity contribution in [3.05, 3.63) is 58.1 Å². The third-order valence-electron chi connectivity index (χ3n) is 3.49. The molecule has 0 radical (unpaired) electrons. The SMILES string of the molecule is COc1ccc(-c2onc(-c3ccc(Cl)c(Cl)c3)c2CO)cc1. The first-order valence-electron chi connectivity index (χ1n) is 6.83. The minimum absolute atomic E-state index is 0.208. The Labute approximate surface area is 143 Å². The number of hydrogen-bond acceptors (Lipinski definition) is 4. The van der Waals surface area contributed by atoms with E-state index in [0.29, 0.717) is 27.1 Å². The van der Waals surface area contributed by atoms with Crippen LogP contribution in [0.5, 0.6) is 5.75 Å². The molecule has 1 N–H and O–H groups in total. The summed E-state index contributed by atoms with van der Waals surface area (Å²) >= 11 is 12.0. The fourth-order valence-electron chi connectivity index (χ4n) is 2.30. The zero-order valence-corrected chi connectivity index (χ0v) is 13.7. The van der Waals surface area contributed by atoms with Gasteiger partial charge in [-0.25, -0.2) is 0 Å². The van der Waals surface area contributed by atoms with Crippen LogP contribution in [0.15, 0.2) is 47.0 Å². The number of ether oxygens (including phenoxy) is 1. The van der Waals surface area contributed by atoms with Crippen LogP contribution in [-0.2, 0) is 6.61 Å². The Kier molecular flexibility index (Phi) is 4.57. The van der Waals surface area contributed by atoms with Crippen LogP contribution in [0.1, 0.15) is 5.56 Å². The van der Waals surface area contributed by atoms with E-state index in [1.807, 2.05) is 24.3 Å². The molecule has 6 heteroatoms. The summed E-state index contributed by atoms with van der Waals surface area (Å²) in [7, 11) is 1.60. The number of nitrogens with zero attached hydrogens (tertiary/aromatic N) is 1. The van der Waals surface area contributed by atoms with E-state index in [1.165, 1.54) is 0 Å². The number of aromatic nitrogens is 1. The molecule has 0 amide bonds. The fourth-order valence-corrected chi connectivity index (χ4v) is 2.59. The van der Waals surface area contributed by atoms with Gasteiger partial charge in [0.25, 0.3) is 0 Å². The quantitative estimate of drug-likeness (QED) is 0.733. The van der Waals surface area contributed by atoms with Gasteiger partial charge >= 0.3 is 0 Å². The molecule has 23 heavy (non-hydrogen) atoms. The zero-order valence-electron chi connectivity index (χ0n) is 12.2. The van der Waals surface area contributed by atoms with Crippen LogP contribution in [0.25, 0.3) is 22.6 Å². The van der Waals surface area contributed by atoms with Gasteiger partial charge in [-0.3, -0.25) is 0 Å². The lowest BCUT2D eigenvalue weighted by atomic mass is 10.0. The summed E-state index contributed by atoms with van der Waals surface area (Å²) in [6.07, 6.45) is 0. The number of methoxy groups -OCH3 is 1. The van der Waals surface area contributed by atoms with Crippen LogP contribution in [0.2, 0.25) is 10.0 Å². The average Bonchev–Trinajstić information content (AvgIpc) is 3.01. The summed E-state index contributed by atoms with van der Waals surface area (Å²) in [5.74, 6) is 1.25. The average molecular weight is 350 g/mol. The number of halogens is 2. The smallest absolute Gasteiger partial charge is 0.173 e. The van der Waals surface area contributed by atoms with Gasteiger partial charge in [0.1, 0.15) is 11.4 Å². The van der Waals surface area contributed by atoms with Crippen molar-refractivity contribution in [1.82, 2.24) is 5.16 Å². The van der Waals surface area contributed by atoms with E-state index in [9.17, 15) is 5.11 Å². The highest BCUT2D eigenvalue weighted by Gasteiger charge is 2.19. The van der Waals surface area contributed by atoms with Crippen molar-refractivity contribution < 1.29 is 14.4 Å². The molecule has 3 aromatic rings. The molecule has 0 spiro atoms. The summed E-state index contributed by atoms with van der Waals surface area (Å²) in [6.45, 7) is -0.208. The predicted octanol–water partition coefficient (Wildman–Crippen LogP) is 4.82. The molecular formula is C17H13Cl2NO3. The predicted molar refractivity (Wildman–Crippen MR) is 89.9 cm³/mol. The summed E-state index contributed by atoms with van der Waals surface area (Å²) < 4.78 is 10.6. The number of benzene rings is 2. The monoisotopic (exact) mass is 349 g/mol. The van der Waals surface area contributed by atoms with E-state index in [0.717, 1.165) is 16.9 Å². The van der Waals surface area contributed by atoms with Crippen LogP contribution in [0.3, 0.4) is 0 Å². The second kappa shape index (κ2) is 6.62. The molecule has 0 saturated heterocycles. The van der Waals surface area contributed by atoms with Crippen LogP contribution in [-0.4, -0.2) is 17.4 Å². The number of aliphatic hydroxyl groups excluding tert-OH is 1. The van der Waals surface area contributed by atoms with Gasteiger partial charge in [0.05, 0.1) is 29.3 Å². The van der Waals surface area contributed by atoms with Crippen molar-refractivity contribution in [3.63, 3.8) is 0 Å². The summed E-state index contributed by atoms with van der Waals surface area (Å²) in [5.41, 5.74) is 2.66. The molecule has 0 aliphatic rings. The Hall–Kier alpha value is -2.01. The molecule has 0 saturated carbocycles. The van der Waals surface area contributed by atoms with Crippen molar-refractivity contribution in [3.8, 4) is 28.3 Å². The van der Waals surface area contributed by atoms with Crippen molar-refractivity contribution >= 4 is 23.2 Å². The van der Waals surface area contributed by atoms with Gasteiger partial charge in [-0.1, -0.05) is 34.4 Å². The summed E-state index contributed by atoms with van der Waals surface area (Å²) in [5, 5.41) is 14.7. The van der Waals surface area contributed by atoms with Crippen molar-refractivity contribution in [2.45, 2.75) is 6.61 Å². The molecule has 2 aromatic carbocycles. The summed E-state index contributed by atoms with van der Waals surface area (Å²) in [6, 6.07) is 12.5. The van der Waals surface area contributed by atoms with Gasteiger partial charge in [0.2, 0.25) is 0 Å². The fraction of sp³-hybridized carbons (Fsp3) is 0.118. The Morgan fingerprint density at radius 2 is 1.74 bits per heavy atom. The molecule has 4 nitrogen and oxygen atoms in total. The minimum atomic E-state index is -0.208. The second-order valence-corrected chi connectivity index (χ2v) is 5.67. The molecule has 0 fully saturated rings. The first-order chi connectivity index (χ1) is 11.1. The first kappa shape index (κ1) is 15.9. The van der Waals surface area contributed by atoms with E-state index in [2.05, 4.69) is 5.16 Å². The standard InChI is InChI=1S/C17H13Cl2NO3/c1-22-12-5-2-10(3-6-12)17-13(9-21)16(20-23-17)11-4-7-14(18)15(19)8-11/h2-8,21H,9H2,1H3. The zero-order chi connectivity index (χ0) is 16.4. The third kappa shape index (κ3) is 3.06. The highest BCUT2D eigenvalue weighted by Crippen LogP contribution is 2.35. The Balaban J connectivity index is 2.06. The van der Waals surface area contributed by atoms with Crippen molar-refractivity contribution in [2.24, 2.45) is 0 Å². The first-order valence-corrected chi connectivity index (χ1v) is 7.59. The maximum absolute atomic E-state index is 9.75. The molecule has 0 unspecified atom stereocenters. The maximum atomic E-state index is 9.75. The third-order valence-corrected chi connectivity index (χ3v) is 4.23.